The molecule has 1 amide bonds. The molecule has 1 atom stereocenters. The molecule has 1 aromatic heterocycles. The molecule has 0 radical (unpaired) electrons. The number of rotatable bonds is 6. The first-order chi connectivity index (χ1) is 12.6. The summed E-state index contributed by atoms with van der Waals surface area (Å²) in [5.74, 6) is 1.31. The molecule has 1 aliphatic rings. The molecule has 0 aliphatic heterocycles. The number of carbonyl (C=O) groups excluding carboxylic acids is 1. The summed E-state index contributed by atoms with van der Waals surface area (Å²) in [6.07, 6.45) is 6.87. The minimum absolute atomic E-state index is 0.0173. The van der Waals surface area contributed by atoms with Crippen molar-refractivity contribution < 1.29 is 13.4 Å². The van der Waals surface area contributed by atoms with Gasteiger partial charge in [0.2, 0.25) is 11.8 Å². The third-order valence-corrected chi connectivity index (χ3v) is 5.90. The number of hydrogen-bond acceptors (Lipinski definition) is 4. The molecule has 1 aliphatic carbocycles. The van der Waals surface area contributed by atoms with Crippen molar-refractivity contribution >= 4 is 16.7 Å². The highest BCUT2D eigenvalue weighted by molar-refractivity contribution is 7.84. The molecule has 0 unspecified atom stereocenters. The second kappa shape index (κ2) is 9.12. The van der Waals surface area contributed by atoms with Crippen molar-refractivity contribution in [1.82, 2.24) is 10.3 Å². The normalized spacial score (nSPS) is 16.8. The van der Waals surface area contributed by atoms with Crippen molar-refractivity contribution in [2.24, 2.45) is 0 Å². The quantitative estimate of drug-likeness (QED) is 0.782. The van der Waals surface area contributed by atoms with Gasteiger partial charge in [0.05, 0.1) is 11.4 Å². The number of carbonyl (C=O) groups is 1. The molecule has 1 saturated carbocycles. The van der Waals surface area contributed by atoms with Crippen LogP contribution >= 0.6 is 0 Å². The van der Waals surface area contributed by atoms with Crippen LogP contribution < -0.4 is 5.32 Å². The van der Waals surface area contributed by atoms with Gasteiger partial charge >= 0.3 is 0 Å². The Hall–Kier alpha value is -1.95. The topological polar surface area (TPSA) is 72.2 Å². The van der Waals surface area contributed by atoms with Crippen molar-refractivity contribution in [3.8, 4) is 11.5 Å². The highest BCUT2D eigenvalue weighted by Crippen LogP contribution is 2.22. The first-order valence-electron chi connectivity index (χ1n) is 9.28. The maximum Gasteiger partial charge on any atom is 0.232 e. The maximum absolute atomic E-state index is 12.4. The molecule has 3 rings (SSSR count). The Balaban J connectivity index is 1.54. The molecule has 1 fully saturated rings. The molecule has 1 N–H and O–H groups in total. The average molecular weight is 375 g/mol. The van der Waals surface area contributed by atoms with E-state index < -0.39 is 10.8 Å². The standard InChI is InChI=1S/C20H26N2O3S/c1-15-18(22-20(25-15)16-9-5-4-6-10-16)13-26(24)14-19(23)21-17-11-7-2-3-8-12-17/h4-6,9-10,17H,2-3,7-8,11-14H2,1H3,(H,21,23)/t26-/m0/s1. The van der Waals surface area contributed by atoms with Crippen molar-refractivity contribution in [1.29, 1.82) is 0 Å². The largest absolute Gasteiger partial charge is 0.441 e. The molecule has 0 bridgehead atoms. The Morgan fingerprint density at radius 3 is 2.58 bits per heavy atom. The molecule has 0 saturated heterocycles. The molecule has 0 spiro atoms. The van der Waals surface area contributed by atoms with Gasteiger partial charge in [-0.15, -0.1) is 0 Å². The Labute approximate surface area is 157 Å². The van der Waals surface area contributed by atoms with Gasteiger partial charge in [-0.2, -0.15) is 0 Å². The Bertz CT molecular complexity index is 750. The van der Waals surface area contributed by atoms with Crippen LogP contribution in [0.3, 0.4) is 0 Å². The average Bonchev–Trinajstić information content (AvgIpc) is 2.82. The van der Waals surface area contributed by atoms with Gasteiger partial charge in [-0.25, -0.2) is 4.98 Å². The second-order valence-corrected chi connectivity index (χ2v) is 8.33. The van der Waals surface area contributed by atoms with Crippen molar-refractivity contribution in [2.75, 3.05) is 5.75 Å². The van der Waals surface area contributed by atoms with Crippen LogP contribution in [-0.2, 0) is 21.3 Å². The number of nitrogens with zero attached hydrogens (tertiary/aromatic N) is 1. The van der Waals surface area contributed by atoms with Gasteiger partial charge in [0, 0.05) is 22.4 Å². The fourth-order valence-corrected chi connectivity index (χ4v) is 4.36. The molecule has 26 heavy (non-hydrogen) atoms. The molecule has 140 valence electrons. The van der Waals surface area contributed by atoms with Crippen LogP contribution in [0.15, 0.2) is 34.7 Å². The molecule has 1 heterocycles. The van der Waals surface area contributed by atoms with E-state index in [2.05, 4.69) is 10.3 Å². The van der Waals surface area contributed by atoms with E-state index >= 15 is 0 Å². The zero-order valence-electron chi connectivity index (χ0n) is 15.2. The molecule has 5 nitrogen and oxygen atoms in total. The first kappa shape index (κ1) is 18.8. The van der Waals surface area contributed by atoms with Crippen LogP contribution in [0.25, 0.3) is 11.5 Å². The Kier molecular flexibility index (Phi) is 6.61. The lowest BCUT2D eigenvalue weighted by atomic mass is 10.1. The van der Waals surface area contributed by atoms with E-state index in [0.717, 1.165) is 31.2 Å². The van der Waals surface area contributed by atoms with Crippen LogP contribution in [0, 0.1) is 6.92 Å². The lowest BCUT2D eigenvalue weighted by Crippen LogP contribution is -2.37. The van der Waals surface area contributed by atoms with Gasteiger partial charge < -0.3 is 9.73 Å². The van der Waals surface area contributed by atoms with E-state index in [1.165, 1.54) is 12.8 Å². The zero-order valence-corrected chi connectivity index (χ0v) is 16.0. The highest BCUT2D eigenvalue weighted by Gasteiger charge is 2.18. The van der Waals surface area contributed by atoms with Gasteiger partial charge in [-0.3, -0.25) is 9.00 Å². The summed E-state index contributed by atoms with van der Waals surface area (Å²) >= 11 is 0. The van der Waals surface area contributed by atoms with Crippen LogP contribution in [0.5, 0.6) is 0 Å². The first-order valence-corrected chi connectivity index (χ1v) is 10.8. The van der Waals surface area contributed by atoms with Crippen LogP contribution in [0.4, 0.5) is 0 Å². The van der Waals surface area contributed by atoms with E-state index in [1.807, 2.05) is 37.3 Å². The molecular formula is C20H26N2O3S. The molecule has 2 aromatic rings. The smallest absolute Gasteiger partial charge is 0.232 e. The predicted octanol–water partition coefficient (Wildman–Crippen LogP) is 3.74. The summed E-state index contributed by atoms with van der Waals surface area (Å²) in [5, 5.41) is 3.05. The number of oxazole rings is 1. The van der Waals surface area contributed by atoms with E-state index in [9.17, 15) is 9.00 Å². The summed E-state index contributed by atoms with van der Waals surface area (Å²) in [5.41, 5.74) is 1.54. The third kappa shape index (κ3) is 5.27. The van der Waals surface area contributed by atoms with E-state index in [4.69, 9.17) is 4.42 Å². The van der Waals surface area contributed by atoms with Gasteiger partial charge in [0.1, 0.15) is 11.5 Å². The summed E-state index contributed by atoms with van der Waals surface area (Å²) < 4.78 is 18.1. The molecule has 1 aromatic carbocycles. The Morgan fingerprint density at radius 1 is 1.19 bits per heavy atom. The van der Waals surface area contributed by atoms with Crippen LogP contribution in [0.1, 0.15) is 50.0 Å². The van der Waals surface area contributed by atoms with E-state index in [1.54, 1.807) is 0 Å². The summed E-state index contributed by atoms with van der Waals surface area (Å²) in [4.78, 5) is 16.7. The fourth-order valence-electron chi connectivity index (χ4n) is 3.31. The van der Waals surface area contributed by atoms with Crippen molar-refractivity contribution in [3.05, 3.63) is 41.8 Å². The van der Waals surface area contributed by atoms with E-state index in [-0.39, 0.29) is 23.5 Å². The minimum atomic E-state index is -1.30. The molecular weight excluding hydrogens is 348 g/mol. The van der Waals surface area contributed by atoms with Crippen LogP contribution in [-0.4, -0.2) is 26.9 Å². The number of hydrogen-bond donors (Lipinski definition) is 1. The minimum Gasteiger partial charge on any atom is -0.441 e. The summed E-state index contributed by atoms with van der Waals surface area (Å²) in [7, 11) is -1.30. The number of aromatic nitrogens is 1. The number of benzene rings is 1. The Morgan fingerprint density at radius 2 is 1.88 bits per heavy atom. The van der Waals surface area contributed by atoms with E-state index in [0.29, 0.717) is 17.3 Å². The molecule has 6 heteroatoms. The fraction of sp³-hybridized carbons (Fsp3) is 0.500. The SMILES string of the molecule is Cc1oc(-c2ccccc2)nc1C[S@](=O)CC(=O)NC1CCCCCC1. The maximum atomic E-state index is 12.4. The summed E-state index contributed by atoms with van der Waals surface area (Å²) in [6.45, 7) is 1.82. The highest BCUT2D eigenvalue weighted by atomic mass is 32.2. The monoisotopic (exact) mass is 374 g/mol. The van der Waals surface area contributed by atoms with Crippen LogP contribution in [0.2, 0.25) is 0 Å². The van der Waals surface area contributed by atoms with Gasteiger partial charge in [-0.1, -0.05) is 43.9 Å². The number of aryl methyl sites for hydroxylation is 1. The van der Waals surface area contributed by atoms with Gasteiger partial charge in [0.25, 0.3) is 0 Å². The van der Waals surface area contributed by atoms with Crippen molar-refractivity contribution in [2.45, 2.75) is 57.2 Å². The second-order valence-electron chi connectivity index (χ2n) is 6.87. The predicted molar refractivity (Wildman–Crippen MR) is 103 cm³/mol. The summed E-state index contributed by atoms with van der Waals surface area (Å²) in [6, 6.07) is 9.86. The zero-order chi connectivity index (χ0) is 18.4. The lowest BCUT2D eigenvalue weighted by molar-refractivity contribution is -0.119. The third-order valence-electron chi connectivity index (χ3n) is 4.72. The van der Waals surface area contributed by atoms with Gasteiger partial charge in [-0.05, 0) is 31.9 Å². The van der Waals surface area contributed by atoms with Crippen molar-refractivity contribution in [3.63, 3.8) is 0 Å². The van der Waals surface area contributed by atoms with Gasteiger partial charge in [0.15, 0.2) is 0 Å². The lowest BCUT2D eigenvalue weighted by Gasteiger charge is -2.15. The number of amides is 1. The number of nitrogens with one attached hydrogen (secondary N) is 1.